The van der Waals surface area contributed by atoms with Crippen LogP contribution >= 0.6 is 0 Å². The van der Waals surface area contributed by atoms with Gasteiger partial charge in [0.25, 0.3) is 0 Å². The third-order valence-corrected chi connectivity index (χ3v) is 6.04. The molecule has 0 saturated carbocycles. The zero-order chi connectivity index (χ0) is 15.5. The molecule has 2 N–H and O–H groups in total. The number of sulfonamides is 1. The lowest BCUT2D eigenvalue weighted by molar-refractivity contribution is 0.204. The van der Waals surface area contributed by atoms with Crippen molar-refractivity contribution in [2.45, 2.75) is 50.1 Å². The highest BCUT2D eigenvalue weighted by Crippen LogP contribution is 2.30. The van der Waals surface area contributed by atoms with Gasteiger partial charge in [-0.1, -0.05) is 6.42 Å². The number of hydrogen-bond acceptors (Lipinski definition) is 4. The topological polar surface area (TPSA) is 72.6 Å². The van der Waals surface area contributed by atoms with Gasteiger partial charge < -0.3 is 10.5 Å². The van der Waals surface area contributed by atoms with Crippen LogP contribution in [-0.2, 0) is 10.0 Å². The summed E-state index contributed by atoms with van der Waals surface area (Å²) in [5.74, 6) is 0.638. The highest BCUT2D eigenvalue weighted by Gasteiger charge is 2.35. The van der Waals surface area contributed by atoms with E-state index in [4.69, 9.17) is 10.5 Å². The van der Waals surface area contributed by atoms with Gasteiger partial charge in [0.1, 0.15) is 12.4 Å². The van der Waals surface area contributed by atoms with Crippen LogP contribution in [0.15, 0.2) is 29.2 Å². The molecule has 2 atom stereocenters. The predicted octanol–water partition coefficient (Wildman–Crippen LogP) is 1.98. The van der Waals surface area contributed by atoms with Crippen molar-refractivity contribution < 1.29 is 13.2 Å². The molecule has 21 heavy (non-hydrogen) atoms. The van der Waals surface area contributed by atoms with Crippen molar-refractivity contribution in [2.75, 3.05) is 13.2 Å². The molecule has 1 aromatic carbocycles. The minimum atomic E-state index is -3.44. The first-order chi connectivity index (χ1) is 9.96. The molecule has 1 aliphatic rings. The van der Waals surface area contributed by atoms with Gasteiger partial charge in [-0.25, -0.2) is 8.42 Å². The van der Waals surface area contributed by atoms with E-state index in [1.807, 2.05) is 13.8 Å². The number of ether oxygens (including phenoxy) is 1. The SMILES string of the molecule is CC1CCCC(C)N1S(=O)(=O)c1ccc(OCCN)cc1. The fourth-order valence-electron chi connectivity index (χ4n) is 2.88. The molecule has 1 fully saturated rings. The normalized spacial score (nSPS) is 24.0. The van der Waals surface area contributed by atoms with E-state index < -0.39 is 10.0 Å². The summed E-state index contributed by atoms with van der Waals surface area (Å²) in [5, 5.41) is 0. The third kappa shape index (κ3) is 3.56. The molecule has 118 valence electrons. The number of benzene rings is 1. The van der Waals surface area contributed by atoms with Crippen molar-refractivity contribution in [2.24, 2.45) is 5.73 Å². The van der Waals surface area contributed by atoms with E-state index in [-0.39, 0.29) is 12.1 Å². The Kier molecular flexibility index (Phi) is 5.24. The first-order valence-electron chi connectivity index (χ1n) is 7.43. The number of piperidine rings is 1. The van der Waals surface area contributed by atoms with Gasteiger partial charge in [0.15, 0.2) is 0 Å². The van der Waals surface area contributed by atoms with Crippen molar-refractivity contribution in [1.29, 1.82) is 0 Å². The number of nitrogens with two attached hydrogens (primary N) is 1. The van der Waals surface area contributed by atoms with E-state index >= 15 is 0 Å². The van der Waals surface area contributed by atoms with Crippen LogP contribution in [0.3, 0.4) is 0 Å². The monoisotopic (exact) mass is 312 g/mol. The summed E-state index contributed by atoms with van der Waals surface area (Å²) in [7, 11) is -3.44. The molecule has 0 amide bonds. The third-order valence-electron chi connectivity index (χ3n) is 3.90. The van der Waals surface area contributed by atoms with Crippen molar-refractivity contribution in [1.82, 2.24) is 4.31 Å². The zero-order valence-electron chi connectivity index (χ0n) is 12.7. The minimum absolute atomic E-state index is 0.0481. The Bertz CT molecular complexity index is 547. The van der Waals surface area contributed by atoms with Crippen LogP contribution < -0.4 is 10.5 Å². The second kappa shape index (κ2) is 6.77. The van der Waals surface area contributed by atoms with E-state index in [1.54, 1.807) is 28.6 Å². The fraction of sp³-hybridized carbons (Fsp3) is 0.600. The zero-order valence-corrected chi connectivity index (χ0v) is 13.5. The lowest BCUT2D eigenvalue weighted by Gasteiger charge is -2.37. The summed E-state index contributed by atoms with van der Waals surface area (Å²) in [6.07, 6.45) is 2.92. The van der Waals surface area contributed by atoms with Gasteiger partial charge in [0.2, 0.25) is 10.0 Å². The Morgan fingerprint density at radius 3 is 2.29 bits per heavy atom. The van der Waals surface area contributed by atoms with E-state index in [9.17, 15) is 8.42 Å². The van der Waals surface area contributed by atoms with Crippen molar-refractivity contribution in [3.8, 4) is 5.75 Å². The van der Waals surface area contributed by atoms with Crippen molar-refractivity contribution >= 4 is 10.0 Å². The summed E-state index contributed by atoms with van der Waals surface area (Å²) in [5.41, 5.74) is 5.38. The van der Waals surface area contributed by atoms with Crippen LogP contribution in [0.5, 0.6) is 5.75 Å². The van der Waals surface area contributed by atoms with Crippen molar-refractivity contribution in [3.05, 3.63) is 24.3 Å². The Balaban J connectivity index is 2.22. The molecule has 1 aliphatic heterocycles. The van der Waals surface area contributed by atoms with Gasteiger partial charge in [-0.05, 0) is 51.0 Å². The Hall–Kier alpha value is -1.11. The molecule has 1 heterocycles. The number of rotatable bonds is 5. The lowest BCUT2D eigenvalue weighted by atomic mass is 10.0. The van der Waals surface area contributed by atoms with Gasteiger partial charge in [-0.2, -0.15) is 4.31 Å². The number of nitrogens with zero attached hydrogens (tertiary/aromatic N) is 1. The molecule has 2 rings (SSSR count). The van der Waals surface area contributed by atoms with Gasteiger partial charge in [-0.3, -0.25) is 0 Å². The predicted molar refractivity (Wildman–Crippen MR) is 82.8 cm³/mol. The quantitative estimate of drug-likeness (QED) is 0.902. The van der Waals surface area contributed by atoms with Crippen LogP contribution in [-0.4, -0.2) is 38.0 Å². The molecule has 0 bridgehead atoms. The van der Waals surface area contributed by atoms with E-state index in [0.29, 0.717) is 23.8 Å². The maximum atomic E-state index is 12.8. The molecule has 0 spiro atoms. The summed E-state index contributed by atoms with van der Waals surface area (Å²) in [6.45, 7) is 4.81. The average Bonchev–Trinajstić information content (AvgIpc) is 2.45. The molecule has 0 radical (unpaired) electrons. The van der Waals surface area contributed by atoms with E-state index in [0.717, 1.165) is 19.3 Å². The summed E-state index contributed by atoms with van der Waals surface area (Å²) in [4.78, 5) is 0.322. The first kappa shape index (κ1) is 16.3. The molecule has 1 aromatic rings. The van der Waals surface area contributed by atoms with Gasteiger partial charge in [0, 0.05) is 18.6 Å². The first-order valence-corrected chi connectivity index (χ1v) is 8.87. The largest absolute Gasteiger partial charge is 0.492 e. The van der Waals surface area contributed by atoms with Crippen LogP contribution in [0.2, 0.25) is 0 Å². The van der Waals surface area contributed by atoms with Crippen LogP contribution in [0.4, 0.5) is 0 Å². The molecule has 2 unspecified atom stereocenters. The Morgan fingerprint density at radius 1 is 1.19 bits per heavy atom. The van der Waals surface area contributed by atoms with Crippen LogP contribution in [0, 0.1) is 0 Å². The second-order valence-electron chi connectivity index (χ2n) is 5.57. The summed E-state index contributed by atoms with van der Waals surface area (Å²) in [6, 6.07) is 6.67. The van der Waals surface area contributed by atoms with Crippen LogP contribution in [0.1, 0.15) is 33.1 Å². The summed E-state index contributed by atoms with van der Waals surface area (Å²) < 4.78 is 32.6. The van der Waals surface area contributed by atoms with E-state index in [1.165, 1.54) is 0 Å². The Labute approximate surface area is 127 Å². The standard InChI is InChI=1S/C15H24N2O3S/c1-12-4-3-5-13(2)17(12)21(18,19)15-8-6-14(7-9-15)20-11-10-16/h6-9,12-13H,3-5,10-11,16H2,1-2H3. The smallest absolute Gasteiger partial charge is 0.243 e. The molecule has 6 heteroatoms. The fourth-order valence-corrected chi connectivity index (χ4v) is 4.76. The maximum Gasteiger partial charge on any atom is 0.243 e. The molecule has 0 aromatic heterocycles. The van der Waals surface area contributed by atoms with E-state index in [2.05, 4.69) is 0 Å². The Morgan fingerprint density at radius 2 is 1.76 bits per heavy atom. The molecular formula is C15H24N2O3S. The molecule has 0 aliphatic carbocycles. The highest BCUT2D eigenvalue weighted by atomic mass is 32.2. The lowest BCUT2D eigenvalue weighted by Crippen LogP contribution is -2.47. The summed E-state index contributed by atoms with van der Waals surface area (Å²) >= 11 is 0. The minimum Gasteiger partial charge on any atom is -0.492 e. The van der Waals surface area contributed by atoms with Crippen LogP contribution in [0.25, 0.3) is 0 Å². The highest BCUT2D eigenvalue weighted by molar-refractivity contribution is 7.89. The molecule has 1 saturated heterocycles. The van der Waals surface area contributed by atoms with Gasteiger partial charge >= 0.3 is 0 Å². The number of hydrogen-bond donors (Lipinski definition) is 1. The molecular weight excluding hydrogens is 288 g/mol. The second-order valence-corrected chi connectivity index (χ2v) is 7.42. The van der Waals surface area contributed by atoms with Gasteiger partial charge in [-0.15, -0.1) is 0 Å². The maximum absolute atomic E-state index is 12.8. The van der Waals surface area contributed by atoms with Gasteiger partial charge in [0.05, 0.1) is 4.90 Å². The molecule has 5 nitrogen and oxygen atoms in total. The average molecular weight is 312 g/mol. The van der Waals surface area contributed by atoms with Crippen molar-refractivity contribution in [3.63, 3.8) is 0 Å².